The van der Waals surface area contributed by atoms with Crippen LogP contribution < -0.4 is 15.4 Å². The van der Waals surface area contributed by atoms with Gasteiger partial charge in [-0.1, -0.05) is 166 Å². The van der Waals surface area contributed by atoms with E-state index in [-0.39, 0.29) is 45.6 Å². The van der Waals surface area contributed by atoms with Gasteiger partial charge in [-0.2, -0.15) is 0 Å². The van der Waals surface area contributed by atoms with Gasteiger partial charge in [-0.3, -0.25) is 4.57 Å². The number of fused-ring (bicyclic) bond motifs is 3. The first kappa shape index (κ1) is 25.0. The van der Waals surface area contributed by atoms with Gasteiger partial charge in [0.15, 0.2) is 0 Å². The zero-order valence-electron chi connectivity index (χ0n) is 48.8. The Morgan fingerprint density at radius 3 is 1.74 bits per heavy atom. The fourth-order valence-electron chi connectivity index (χ4n) is 7.67. The summed E-state index contributed by atoms with van der Waals surface area (Å²) in [5.74, 6) is 1.51. The van der Waals surface area contributed by atoms with Crippen molar-refractivity contribution in [2.24, 2.45) is 0 Å². The Balaban J connectivity index is 1.03. The topological polar surface area (TPSA) is 51.1 Å². The van der Waals surface area contributed by atoms with Gasteiger partial charge in [0.25, 0.3) is 0 Å². The molecule has 5 nitrogen and oxygen atoms in total. The highest BCUT2D eigenvalue weighted by Crippen LogP contribution is 2.42. The first-order chi connectivity index (χ1) is 36.6. The van der Waals surface area contributed by atoms with Crippen LogP contribution in [0.4, 0.5) is 22.7 Å². The highest BCUT2D eigenvalue weighted by molar-refractivity contribution is 6.09. The van der Waals surface area contributed by atoms with Gasteiger partial charge in [-0.25, -0.2) is 4.98 Å². The molecule has 10 rings (SSSR count). The van der Waals surface area contributed by atoms with E-state index in [1.807, 2.05) is 86.0 Å². The Hall–Kier alpha value is -7.89. The predicted molar refractivity (Wildman–Crippen MR) is 260 cm³/mol. The molecule has 2 aromatic heterocycles. The van der Waals surface area contributed by atoms with Crippen molar-refractivity contribution in [1.29, 1.82) is 0 Å². The van der Waals surface area contributed by atoms with E-state index < -0.39 is 84.0 Å². The van der Waals surface area contributed by atoms with Crippen LogP contribution in [-0.2, 0) is 5.41 Å². The number of hydrogen-bond donors (Lipinski definition) is 2. The number of nitrogens with one attached hydrogen (secondary N) is 2. The molecule has 0 aliphatic heterocycles. The van der Waals surface area contributed by atoms with Crippen molar-refractivity contribution in [3.05, 3.63) is 218 Å². The molecule has 5 heteroatoms. The predicted octanol–water partition coefficient (Wildman–Crippen LogP) is 15.8. The second-order valence-corrected chi connectivity index (χ2v) is 15.5. The summed E-state index contributed by atoms with van der Waals surface area (Å²) in [6, 6.07) is 27.2. The second kappa shape index (κ2) is 16.3. The molecule has 0 amide bonds. The second-order valence-electron chi connectivity index (χ2n) is 15.5. The zero-order valence-corrected chi connectivity index (χ0v) is 33.8. The van der Waals surface area contributed by atoms with Crippen LogP contribution in [-0.4, -0.2) is 9.55 Å². The average Bonchev–Trinajstić information content (AvgIpc) is 3.74. The normalized spacial score (nSPS) is 14.9. The monoisotopic (exact) mass is 817 g/mol. The highest BCUT2D eigenvalue weighted by atomic mass is 16.5. The van der Waals surface area contributed by atoms with E-state index in [0.29, 0.717) is 39.9 Å². The van der Waals surface area contributed by atoms with Crippen LogP contribution in [0.2, 0.25) is 0 Å². The van der Waals surface area contributed by atoms with E-state index in [1.165, 1.54) is 6.07 Å². The number of nitrogens with zero attached hydrogens (tertiary/aromatic N) is 2. The third kappa shape index (κ3) is 7.57. The smallest absolute Gasteiger partial charge is 0.137 e. The van der Waals surface area contributed by atoms with Gasteiger partial charge in [0.1, 0.15) is 17.3 Å². The van der Waals surface area contributed by atoms with Crippen LogP contribution in [0, 0.1) is 0 Å². The molecule has 8 aromatic carbocycles. The van der Waals surface area contributed by atoms with Gasteiger partial charge in [-0.05, 0) is 76.2 Å². The molecule has 0 radical (unpaired) electrons. The lowest BCUT2D eigenvalue weighted by atomic mass is 9.82. The molecule has 0 saturated heterocycles. The number of rotatable bonds is 10. The molecule has 0 spiro atoms. The first-order valence-electron chi connectivity index (χ1n) is 27.4. The number of hydrogen-bond acceptors (Lipinski definition) is 4. The minimum Gasteiger partial charge on any atom is -0.457 e. The maximum absolute atomic E-state index is 8.89. The van der Waals surface area contributed by atoms with Crippen molar-refractivity contribution in [1.82, 2.24) is 9.55 Å². The van der Waals surface area contributed by atoms with Crippen molar-refractivity contribution in [2.45, 2.75) is 26.2 Å². The lowest BCUT2D eigenvalue weighted by molar-refractivity contribution is 0.483. The molecular formula is C57H46N4O. The van der Waals surface area contributed by atoms with Gasteiger partial charge in [-0.15, -0.1) is 0 Å². The Bertz CT molecular complexity index is 3920. The first-order valence-corrected chi connectivity index (χ1v) is 19.9. The number of anilines is 4. The van der Waals surface area contributed by atoms with Crippen molar-refractivity contribution in [2.75, 3.05) is 10.6 Å². The molecule has 0 bridgehead atoms. The summed E-state index contributed by atoms with van der Waals surface area (Å²) in [7, 11) is 0. The third-order valence-electron chi connectivity index (χ3n) is 10.5. The number of aromatic nitrogens is 2. The van der Waals surface area contributed by atoms with Gasteiger partial charge >= 0.3 is 0 Å². The lowest BCUT2D eigenvalue weighted by Gasteiger charge is -2.24. The van der Waals surface area contributed by atoms with Crippen LogP contribution in [0.25, 0.3) is 61.0 Å². The van der Waals surface area contributed by atoms with E-state index in [9.17, 15) is 0 Å². The van der Waals surface area contributed by atoms with Crippen molar-refractivity contribution < 1.29 is 25.3 Å². The van der Waals surface area contributed by atoms with Crippen molar-refractivity contribution >= 4 is 44.6 Å². The summed E-state index contributed by atoms with van der Waals surface area (Å²) >= 11 is 0. The fourth-order valence-corrected chi connectivity index (χ4v) is 7.67. The van der Waals surface area contributed by atoms with Crippen LogP contribution in [0.5, 0.6) is 11.5 Å². The van der Waals surface area contributed by atoms with Crippen molar-refractivity contribution in [3.63, 3.8) is 0 Å². The van der Waals surface area contributed by atoms with Gasteiger partial charge < -0.3 is 15.4 Å². The number of pyridine rings is 1. The molecule has 0 fully saturated rings. The standard InChI is InChI=1S/C57H46N4O/c1-57(2,3)50-37-55(58-38-49(50)41-23-11-6-12-24-41)61-53-32-16-13-27-47(53)48-34-33-44(36-54(48)61)62-43-26-17-25-42(35-43)59-51-30-14-15-31-52(51)60-56-45(39-19-7-4-8-20-39)28-18-29-46(56)40-21-9-5-10-22-40/h4-38,59-60H,1-3H3/i4D,5D,6D,7D,8D,9D,10D,11D,12D,19D,20D,21D,22D,23D,24D. The third-order valence-corrected chi connectivity index (χ3v) is 10.5. The summed E-state index contributed by atoms with van der Waals surface area (Å²) in [4.78, 5) is 4.91. The number of ether oxygens (including phenoxy) is 1. The SMILES string of the molecule is [2H]c1c([2H])c([2H])c(-c2cnc(-n3c4ccccc4c4ccc(Oc5cccc(Nc6ccccc6Nc6c(-c7c([2H])c([2H])c([2H])c([2H])c7[2H])cccc6-c6c([2H])c([2H])c([2H])c([2H])c6[2H])c5)cc43)cc2C(C)(C)C)c([2H])c1[2H]. The van der Waals surface area contributed by atoms with E-state index >= 15 is 0 Å². The van der Waals surface area contributed by atoms with Crippen LogP contribution in [0.15, 0.2) is 212 Å². The zero-order chi connectivity index (χ0) is 55.1. The Morgan fingerprint density at radius 2 is 1.08 bits per heavy atom. The molecule has 0 aliphatic rings. The van der Waals surface area contributed by atoms with Crippen molar-refractivity contribution in [3.8, 4) is 50.7 Å². The van der Waals surface area contributed by atoms with E-state index in [0.717, 1.165) is 27.4 Å². The molecule has 2 heterocycles. The maximum Gasteiger partial charge on any atom is 0.137 e. The Morgan fingerprint density at radius 1 is 0.516 bits per heavy atom. The molecule has 0 unspecified atom stereocenters. The van der Waals surface area contributed by atoms with Crippen LogP contribution in [0.3, 0.4) is 0 Å². The molecule has 10 aromatic rings. The van der Waals surface area contributed by atoms with Gasteiger partial charge in [0, 0.05) is 51.5 Å². The van der Waals surface area contributed by atoms with Gasteiger partial charge in [0.2, 0.25) is 0 Å². The summed E-state index contributed by atoms with van der Waals surface area (Å²) in [5, 5.41) is 8.68. The average molecular weight is 818 g/mol. The number of benzene rings is 8. The van der Waals surface area contributed by atoms with E-state index in [4.69, 9.17) is 30.3 Å². The highest BCUT2D eigenvalue weighted by Gasteiger charge is 2.23. The van der Waals surface area contributed by atoms with E-state index in [2.05, 4.69) is 10.6 Å². The Kier molecular flexibility index (Phi) is 6.57. The molecule has 62 heavy (non-hydrogen) atoms. The molecule has 0 atom stereocenters. The molecular weight excluding hydrogens is 757 g/mol. The summed E-state index contributed by atoms with van der Waals surface area (Å²) in [6.45, 7) is 6.00. The maximum atomic E-state index is 8.89. The summed E-state index contributed by atoms with van der Waals surface area (Å²) in [6.07, 6.45) is 1.58. The van der Waals surface area contributed by atoms with Crippen LogP contribution in [0.1, 0.15) is 46.9 Å². The Labute approximate surface area is 384 Å². The molecule has 2 N–H and O–H groups in total. The molecule has 0 aliphatic carbocycles. The summed E-state index contributed by atoms with van der Waals surface area (Å²) in [5.41, 5.74) is 3.93. The number of para-hydroxylation sites is 4. The minimum atomic E-state index is -0.586. The molecule has 300 valence electrons. The lowest BCUT2D eigenvalue weighted by Crippen LogP contribution is -2.14. The molecule has 0 saturated carbocycles. The fraction of sp³-hybridized carbons (Fsp3) is 0.0702. The largest absolute Gasteiger partial charge is 0.457 e. The summed E-state index contributed by atoms with van der Waals surface area (Å²) < 4.78 is 137. The quantitative estimate of drug-likeness (QED) is 0.144. The van der Waals surface area contributed by atoms with Crippen LogP contribution >= 0.6 is 0 Å². The van der Waals surface area contributed by atoms with Gasteiger partial charge in [0.05, 0.1) is 48.7 Å². The minimum absolute atomic E-state index is 0.0769. The van der Waals surface area contributed by atoms with E-state index in [1.54, 1.807) is 54.7 Å².